The van der Waals surface area contributed by atoms with Crippen LogP contribution < -0.4 is 0 Å². The van der Waals surface area contributed by atoms with E-state index in [4.69, 9.17) is 0 Å². The highest BCUT2D eigenvalue weighted by Gasteiger charge is 2.15. The third-order valence-electron chi connectivity index (χ3n) is 8.12. The molecule has 0 saturated carbocycles. The highest BCUT2D eigenvalue weighted by Crippen LogP contribution is 2.39. The van der Waals surface area contributed by atoms with Gasteiger partial charge in [0.1, 0.15) is 0 Å². The molecule has 7 aromatic carbocycles. The van der Waals surface area contributed by atoms with Crippen molar-refractivity contribution in [2.75, 3.05) is 0 Å². The summed E-state index contributed by atoms with van der Waals surface area (Å²) >= 11 is 0. The van der Waals surface area contributed by atoms with E-state index in [2.05, 4.69) is 145 Å². The molecule has 0 spiro atoms. The van der Waals surface area contributed by atoms with Crippen molar-refractivity contribution in [3.05, 3.63) is 146 Å². The SMILES string of the molecule is C=Cc1ccc2c(c1)c1cc(-c3ccc4c5ccccc5c5ccccc5c4c3)ccc1n2-c1ccccc1. The first-order valence-electron chi connectivity index (χ1n) is 13.4. The minimum atomic E-state index is 1.13. The van der Waals surface area contributed by atoms with Crippen LogP contribution in [-0.4, -0.2) is 4.57 Å². The Bertz CT molecular complexity index is 2200. The first-order valence-corrected chi connectivity index (χ1v) is 13.4. The molecule has 0 fully saturated rings. The molecule has 8 rings (SSSR count). The molecule has 39 heavy (non-hydrogen) atoms. The molecule has 8 aromatic rings. The fourth-order valence-electron chi connectivity index (χ4n) is 6.29. The fraction of sp³-hybridized carbons (Fsp3) is 0. The average molecular weight is 496 g/mol. The molecule has 1 aromatic heterocycles. The van der Waals surface area contributed by atoms with E-state index in [-0.39, 0.29) is 0 Å². The number of para-hydroxylation sites is 1. The molecule has 182 valence electrons. The zero-order valence-corrected chi connectivity index (χ0v) is 21.4. The third-order valence-corrected chi connectivity index (χ3v) is 8.12. The van der Waals surface area contributed by atoms with Gasteiger partial charge >= 0.3 is 0 Å². The minimum absolute atomic E-state index is 1.13. The second kappa shape index (κ2) is 8.44. The van der Waals surface area contributed by atoms with E-state index in [9.17, 15) is 0 Å². The van der Waals surface area contributed by atoms with Crippen molar-refractivity contribution in [2.24, 2.45) is 0 Å². The summed E-state index contributed by atoms with van der Waals surface area (Å²) in [6.45, 7) is 4.02. The van der Waals surface area contributed by atoms with Gasteiger partial charge in [0.05, 0.1) is 11.0 Å². The van der Waals surface area contributed by atoms with Crippen molar-refractivity contribution in [3.63, 3.8) is 0 Å². The van der Waals surface area contributed by atoms with Gasteiger partial charge in [-0.25, -0.2) is 0 Å². The number of rotatable bonds is 3. The molecule has 0 aliphatic heterocycles. The fourth-order valence-corrected chi connectivity index (χ4v) is 6.29. The maximum atomic E-state index is 4.02. The summed E-state index contributed by atoms with van der Waals surface area (Å²) in [5.74, 6) is 0. The monoisotopic (exact) mass is 495 g/mol. The van der Waals surface area contributed by atoms with Gasteiger partial charge in [0.2, 0.25) is 0 Å². The number of aromatic nitrogens is 1. The Labute approximate surface area is 226 Å². The summed E-state index contributed by atoms with van der Waals surface area (Å²) in [6.07, 6.45) is 1.92. The first-order chi connectivity index (χ1) is 19.3. The highest BCUT2D eigenvalue weighted by atomic mass is 15.0. The Balaban J connectivity index is 1.41. The van der Waals surface area contributed by atoms with E-state index in [0.29, 0.717) is 0 Å². The van der Waals surface area contributed by atoms with E-state index >= 15 is 0 Å². The average Bonchev–Trinajstić information content (AvgIpc) is 3.34. The third kappa shape index (κ3) is 3.27. The predicted molar refractivity (Wildman–Crippen MR) is 169 cm³/mol. The lowest BCUT2D eigenvalue weighted by Crippen LogP contribution is -1.93. The number of nitrogens with zero attached hydrogens (tertiary/aromatic N) is 1. The summed E-state index contributed by atoms with van der Waals surface area (Å²) in [5, 5.41) is 10.3. The van der Waals surface area contributed by atoms with Crippen LogP contribution in [0.1, 0.15) is 5.56 Å². The van der Waals surface area contributed by atoms with Gasteiger partial charge in [0.25, 0.3) is 0 Å². The summed E-state index contributed by atoms with van der Waals surface area (Å²) in [5.41, 5.74) is 7.15. The maximum Gasteiger partial charge on any atom is 0.0541 e. The van der Waals surface area contributed by atoms with Crippen LogP contribution in [0.15, 0.2) is 140 Å². The maximum absolute atomic E-state index is 4.02. The normalized spacial score (nSPS) is 11.7. The van der Waals surface area contributed by atoms with Crippen LogP contribution in [0, 0.1) is 0 Å². The molecule has 0 saturated heterocycles. The van der Waals surface area contributed by atoms with Gasteiger partial charge in [-0.1, -0.05) is 104 Å². The van der Waals surface area contributed by atoms with E-state index < -0.39 is 0 Å². The molecule has 0 atom stereocenters. The number of benzene rings is 7. The van der Waals surface area contributed by atoms with Gasteiger partial charge in [0, 0.05) is 16.5 Å². The molecular formula is C38H25N. The summed E-state index contributed by atoms with van der Waals surface area (Å²) in [7, 11) is 0. The van der Waals surface area contributed by atoms with Crippen molar-refractivity contribution in [2.45, 2.75) is 0 Å². The lowest BCUT2D eigenvalue weighted by atomic mass is 9.92. The Morgan fingerprint density at radius 2 is 0.897 bits per heavy atom. The van der Waals surface area contributed by atoms with Gasteiger partial charge in [-0.3, -0.25) is 0 Å². The van der Waals surface area contributed by atoms with Crippen molar-refractivity contribution in [1.29, 1.82) is 0 Å². The van der Waals surface area contributed by atoms with Gasteiger partial charge in [0.15, 0.2) is 0 Å². The number of fused-ring (bicyclic) bond motifs is 9. The van der Waals surface area contributed by atoms with E-state index in [0.717, 1.165) is 5.56 Å². The van der Waals surface area contributed by atoms with Crippen LogP contribution in [0.3, 0.4) is 0 Å². The summed E-state index contributed by atoms with van der Waals surface area (Å²) in [4.78, 5) is 0. The molecule has 0 unspecified atom stereocenters. The number of hydrogen-bond donors (Lipinski definition) is 0. The van der Waals surface area contributed by atoms with E-state index in [1.807, 2.05) is 6.08 Å². The molecule has 0 aliphatic carbocycles. The number of hydrogen-bond acceptors (Lipinski definition) is 0. The van der Waals surface area contributed by atoms with E-state index in [1.165, 1.54) is 70.9 Å². The predicted octanol–water partition coefficient (Wildman–Crippen LogP) is 10.6. The standard InChI is InChI=1S/C38H25N/c1-2-25-16-20-37-35(22-25)36-24-27(18-21-38(36)39(37)28-10-4-3-5-11-28)26-17-19-33-31-14-7-6-12-29(31)30-13-8-9-15-32(30)34(33)23-26/h2-24H,1H2. The van der Waals surface area contributed by atoms with Gasteiger partial charge in [-0.15, -0.1) is 0 Å². The lowest BCUT2D eigenvalue weighted by Gasteiger charge is -2.12. The molecule has 0 aliphatic rings. The molecule has 0 amide bonds. The minimum Gasteiger partial charge on any atom is -0.309 e. The van der Waals surface area contributed by atoms with Crippen molar-refractivity contribution in [3.8, 4) is 16.8 Å². The van der Waals surface area contributed by atoms with Gasteiger partial charge in [-0.05, 0) is 91.5 Å². The smallest absolute Gasteiger partial charge is 0.0541 e. The van der Waals surface area contributed by atoms with Crippen LogP contribution in [0.2, 0.25) is 0 Å². The van der Waals surface area contributed by atoms with Gasteiger partial charge in [-0.2, -0.15) is 0 Å². The van der Waals surface area contributed by atoms with Crippen molar-refractivity contribution < 1.29 is 0 Å². The molecule has 1 heteroatoms. The highest BCUT2D eigenvalue weighted by molar-refractivity contribution is 6.25. The van der Waals surface area contributed by atoms with Crippen LogP contribution >= 0.6 is 0 Å². The summed E-state index contributed by atoms with van der Waals surface area (Å²) in [6, 6.07) is 48.6. The van der Waals surface area contributed by atoms with Crippen LogP contribution in [0.25, 0.3) is 77.0 Å². The molecule has 0 N–H and O–H groups in total. The lowest BCUT2D eigenvalue weighted by molar-refractivity contribution is 1.18. The Kier molecular flexibility index (Phi) is 4.74. The molecule has 0 bridgehead atoms. The van der Waals surface area contributed by atoms with Crippen molar-refractivity contribution in [1.82, 2.24) is 4.57 Å². The zero-order valence-electron chi connectivity index (χ0n) is 21.4. The molecule has 1 heterocycles. The topological polar surface area (TPSA) is 4.93 Å². The quantitative estimate of drug-likeness (QED) is 0.215. The molecular weight excluding hydrogens is 470 g/mol. The van der Waals surface area contributed by atoms with Crippen LogP contribution in [0.5, 0.6) is 0 Å². The second-order valence-electron chi connectivity index (χ2n) is 10.2. The van der Waals surface area contributed by atoms with Crippen LogP contribution in [0.4, 0.5) is 0 Å². The zero-order chi connectivity index (χ0) is 25.9. The van der Waals surface area contributed by atoms with Crippen molar-refractivity contribution >= 4 is 60.2 Å². The Hall–Kier alpha value is -5.14. The Morgan fingerprint density at radius 3 is 1.54 bits per heavy atom. The second-order valence-corrected chi connectivity index (χ2v) is 10.2. The largest absolute Gasteiger partial charge is 0.309 e. The molecule has 0 radical (unpaired) electrons. The van der Waals surface area contributed by atoms with Crippen LogP contribution in [-0.2, 0) is 0 Å². The molecule has 1 nitrogen and oxygen atoms in total. The summed E-state index contributed by atoms with van der Waals surface area (Å²) < 4.78 is 2.36. The Morgan fingerprint density at radius 1 is 0.410 bits per heavy atom. The van der Waals surface area contributed by atoms with Gasteiger partial charge < -0.3 is 4.57 Å². The first kappa shape index (κ1) is 21.9. The van der Waals surface area contributed by atoms with E-state index in [1.54, 1.807) is 0 Å².